The number of nitrogens with zero attached hydrogens (tertiary/aromatic N) is 1. The minimum atomic E-state index is -0.733. The van der Waals surface area contributed by atoms with Crippen LogP contribution in [0.4, 0.5) is 4.79 Å². The van der Waals surface area contributed by atoms with Crippen molar-refractivity contribution < 1.29 is 19.4 Å². The number of carboxylic acids is 1. The van der Waals surface area contributed by atoms with Crippen molar-refractivity contribution in [3.63, 3.8) is 0 Å². The van der Waals surface area contributed by atoms with Crippen LogP contribution in [0.15, 0.2) is 24.3 Å². The van der Waals surface area contributed by atoms with Gasteiger partial charge in [0, 0.05) is 17.6 Å². The van der Waals surface area contributed by atoms with Gasteiger partial charge in [0.15, 0.2) is 0 Å². The van der Waals surface area contributed by atoms with Gasteiger partial charge in [-0.1, -0.05) is 23.7 Å². The smallest absolute Gasteiger partial charge is 0.317 e. The number of urea groups is 1. The second kappa shape index (κ2) is 8.06. The van der Waals surface area contributed by atoms with Crippen LogP contribution in [-0.2, 0) is 9.53 Å². The lowest BCUT2D eigenvalue weighted by molar-refractivity contribution is -0.142. The number of morpholine rings is 1. The van der Waals surface area contributed by atoms with Crippen molar-refractivity contribution in [3.05, 3.63) is 34.9 Å². The minimum Gasteiger partial charge on any atom is -0.481 e. The first-order valence-electron chi connectivity index (χ1n) is 8.68. The molecule has 1 saturated heterocycles. The highest BCUT2D eigenvalue weighted by atomic mass is 35.5. The van der Waals surface area contributed by atoms with Crippen LogP contribution in [0.3, 0.4) is 0 Å². The van der Waals surface area contributed by atoms with E-state index >= 15 is 0 Å². The van der Waals surface area contributed by atoms with Crippen LogP contribution in [0, 0.1) is 5.92 Å². The molecule has 136 valence electrons. The number of rotatable bonds is 3. The van der Waals surface area contributed by atoms with Gasteiger partial charge in [-0.25, -0.2) is 4.79 Å². The summed E-state index contributed by atoms with van der Waals surface area (Å²) < 4.78 is 5.78. The van der Waals surface area contributed by atoms with E-state index in [1.807, 2.05) is 24.3 Å². The quantitative estimate of drug-likeness (QED) is 0.861. The fraction of sp³-hybridized carbons (Fsp3) is 0.556. The minimum absolute atomic E-state index is 0.0555. The van der Waals surface area contributed by atoms with E-state index in [0.29, 0.717) is 50.4 Å². The normalized spacial score (nSPS) is 26.9. The molecule has 1 heterocycles. The van der Waals surface area contributed by atoms with E-state index in [1.54, 1.807) is 4.90 Å². The summed E-state index contributed by atoms with van der Waals surface area (Å²) in [6.07, 6.45) is 2.52. The Morgan fingerprint density at radius 1 is 1.16 bits per heavy atom. The summed E-state index contributed by atoms with van der Waals surface area (Å²) in [5.41, 5.74) is 1.00. The van der Waals surface area contributed by atoms with Gasteiger partial charge in [-0.05, 0) is 43.4 Å². The molecule has 0 spiro atoms. The van der Waals surface area contributed by atoms with Crippen LogP contribution in [0.1, 0.15) is 37.4 Å². The first-order chi connectivity index (χ1) is 12.0. The maximum atomic E-state index is 12.5. The lowest BCUT2D eigenvalue weighted by Gasteiger charge is -2.35. The Bertz CT molecular complexity index is 614. The van der Waals surface area contributed by atoms with Crippen LogP contribution in [0.25, 0.3) is 0 Å². The van der Waals surface area contributed by atoms with E-state index in [9.17, 15) is 9.59 Å². The Hall–Kier alpha value is -1.79. The summed E-state index contributed by atoms with van der Waals surface area (Å²) in [7, 11) is 0. The predicted molar refractivity (Wildman–Crippen MR) is 93.6 cm³/mol. The maximum Gasteiger partial charge on any atom is 0.317 e. The van der Waals surface area contributed by atoms with E-state index in [2.05, 4.69) is 5.32 Å². The van der Waals surface area contributed by atoms with E-state index in [-0.39, 0.29) is 24.1 Å². The highest BCUT2D eigenvalue weighted by molar-refractivity contribution is 6.30. The lowest BCUT2D eigenvalue weighted by Crippen LogP contribution is -2.50. The number of ether oxygens (including phenoxy) is 1. The molecule has 1 aromatic carbocycles. The molecule has 2 N–H and O–H groups in total. The van der Waals surface area contributed by atoms with E-state index in [1.165, 1.54) is 0 Å². The number of nitrogens with one attached hydrogen (secondary N) is 1. The Balaban J connectivity index is 1.52. The molecule has 1 aliphatic heterocycles. The molecule has 2 fully saturated rings. The van der Waals surface area contributed by atoms with Crippen molar-refractivity contribution in [2.45, 2.75) is 37.8 Å². The lowest BCUT2D eigenvalue weighted by atomic mass is 9.86. The van der Waals surface area contributed by atoms with Crippen molar-refractivity contribution in [3.8, 4) is 0 Å². The zero-order valence-electron chi connectivity index (χ0n) is 14.0. The number of benzene rings is 1. The van der Waals surface area contributed by atoms with Crippen molar-refractivity contribution in [1.29, 1.82) is 0 Å². The van der Waals surface area contributed by atoms with Crippen molar-refractivity contribution >= 4 is 23.6 Å². The zero-order valence-corrected chi connectivity index (χ0v) is 14.7. The van der Waals surface area contributed by atoms with Crippen LogP contribution in [0.5, 0.6) is 0 Å². The summed E-state index contributed by atoms with van der Waals surface area (Å²) in [4.78, 5) is 25.3. The summed E-state index contributed by atoms with van der Waals surface area (Å²) in [6, 6.07) is 7.43. The topological polar surface area (TPSA) is 78.9 Å². The number of aliphatic carboxylic acids is 1. The molecule has 7 heteroatoms. The summed E-state index contributed by atoms with van der Waals surface area (Å²) in [5, 5.41) is 12.8. The first kappa shape index (κ1) is 18.0. The highest BCUT2D eigenvalue weighted by Gasteiger charge is 2.30. The molecule has 3 rings (SSSR count). The molecular weight excluding hydrogens is 344 g/mol. The molecule has 0 bridgehead atoms. The molecule has 1 saturated carbocycles. The monoisotopic (exact) mass is 366 g/mol. The molecule has 2 aliphatic rings. The third-order valence-electron chi connectivity index (χ3n) is 5.00. The number of hydrogen-bond donors (Lipinski definition) is 2. The number of hydrogen-bond acceptors (Lipinski definition) is 3. The Labute approximate surface area is 152 Å². The van der Waals surface area contributed by atoms with Gasteiger partial charge in [0.05, 0.1) is 19.1 Å². The van der Waals surface area contributed by atoms with E-state index < -0.39 is 5.97 Å². The van der Waals surface area contributed by atoms with E-state index in [4.69, 9.17) is 21.4 Å². The van der Waals surface area contributed by atoms with Gasteiger partial charge < -0.3 is 20.1 Å². The van der Waals surface area contributed by atoms with Crippen molar-refractivity contribution in [2.24, 2.45) is 5.92 Å². The van der Waals surface area contributed by atoms with Gasteiger partial charge in [-0.3, -0.25) is 4.79 Å². The van der Waals surface area contributed by atoms with Gasteiger partial charge in [-0.2, -0.15) is 0 Å². The standard InChI is InChI=1S/C18H23ClN2O4/c19-14-5-1-12(2-6-14)16-11-21(9-10-25-16)18(24)20-15-7-3-13(4-8-15)17(22)23/h1-2,5-6,13,15-16H,3-4,7-11H2,(H,20,24)(H,22,23)/t13?,15?,16-/m0/s1. The van der Waals surface area contributed by atoms with Gasteiger partial charge in [0.1, 0.15) is 6.10 Å². The third-order valence-corrected chi connectivity index (χ3v) is 5.25. The Morgan fingerprint density at radius 3 is 2.48 bits per heavy atom. The second-order valence-corrected chi connectivity index (χ2v) is 7.13. The molecule has 6 nitrogen and oxygen atoms in total. The number of halogens is 1. The first-order valence-corrected chi connectivity index (χ1v) is 9.06. The fourth-order valence-electron chi connectivity index (χ4n) is 3.46. The predicted octanol–water partition coefficient (Wildman–Crippen LogP) is 3.07. The van der Waals surface area contributed by atoms with E-state index in [0.717, 1.165) is 5.56 Å². The summed E-state index contributed by atoms with van der Waals surface area (Å²) in [5.74, 6) is -1.01. The third kappa shape index (κ3) is 4.64. The van der Waals surface area contributed by atoms with Gasteiger partial charge >= 0.3 is 12.0 Å². The fourth-order valence-corrected chi connectivity index (χ4v) is 3.59. The molecule has 1 aliphatic carbocycles. The average molecular weight is 367 g/mol. The number of carbonyl (C=O) groups excluding carboxylic acids is 1. The SMILES string of the molecule is O=C(O)C1CCC(NC(=O)N2CCO[C@H](c3ccc(Cl)cc3)C2)CC1. The molecule has 0 aromatic heterocycles. The largest absolute Gasteiger partial charge is 0.481 e. The molecule has 0 unspecified atom stereocenters. The summed E-state index contributed by atoms with van der Waals surface area (Å²) >= 11 is 5.92. The van der Waals surface area contributed by atoms with Crippen LogP contribution >= 0.6 is 11.6 Å². The van der Waals surface area contributed by atoms with Crippen molar-refractivity contribution in [1.82, 2.24) is 10.2 Å². The second-order valence-electron chi connectivity index (χ2n) is 6.69. The zero-order chi connectivity index (χ0) is 17.8. The van der Waals surface area contributed by atoms with Gasteiger partial charge in [0.25, 0.3) is 0 Å². The Kier molecular flexibility index (Phi) is 5.81. The number of carboxylic acid groups (broad SMARTS) is 1. The molecule has 1 aromatic rings. The highest BCUT2D eigenvalue weighted by Crippen LogP contribution is 2.26. The average Bonchev–Trinajstić information content (AvgIpc) is 2.63. The molecule has 0 radical (unpaired) electrons. The van der Waals surface area contributed by atoms with Crippen LogP contribution in [-0.4, -0.2) is 47.7 Å². The Morgan fingerprint density at radius 2 is 1.84 bits per heavy atom. The molecular formula is C18H23ClN2O4. The van der Waals surface area contributed by atoms with Crippen LogP contribution in [0.2, 0.25) is 5.02 Å². The summed E-state index contributed by atoms with van der Waals surface area (Å²) in [6.45, 7) is 1.55. The van der Waals surface area contributed by atoms with Crippen LogP contribution < -0.4 is 5.32 Å². The maximum absolute atomic E-state index is 12.5. The van der Waals surface area contributed by atoms with Gasteiger partial charge in [0.2, 0.25) is 0 Å². The molecule has 1 atom stereocenters. The number of carbonyl (C=O) groups is 2. The molecule has 25 heavy (non-hydrogen) atoms. The van der Waals surface area contributed by atoms with Crippen molar-refractivity contribution in [2.75, 3.05) is 19.7 Å². The molecule has 2 amide bonds. The number of amides is 2. The van der Waals surface area contributed by atoms with Gasteiger partial charge in [-0.15, -0.1) is 0 Å².